The first-order valence-electron chi connectivity index (χ1n) is 6.44. The van der Waals surface area contributed by atoms with Crippen LogP contribution in [0.3, 0.4) is 0 Å². The number of aromatic nitrogens is 1. The Balaban J connectivity index is 2.38. The number of anilines is 1. The fourth-order valence-electron chi connectivity index (χ4n) is 2.39. The molecule has 1 aromatic heterocycles. The second kappa shape index (κ2) is 5.18. The summed E-state index contributed by atoms with van der Waals surface area (Å²) in [6.07, 6.45) is 4.52. The van der Waals surface area contributed by atoms with Gasteiger partial charge in [-0.05, 0) is 43.2 Å². The van der Waals surface area contributed by atoms with Crippen LogP contribution in [0.5, 0.6) is 0 Å². The molecular formula is C14H19N3. The molecule has 0 saturated carbocycles. The van der Waals surface area contributed by atoms with Crippen LogP contribution in [0.25, 0.3) is 0 Å². The molecule has 3 heteroatoms. The molecular weight excluding hydrogens is 210 g/mol. The summed E-state index contributed by atoms with van der Waals surface area (Å²) in [6, 6.07) is 4.27. The van der Waals surface area contributed by atoms with Gasteiger partial charge in [0.25, 0.3) is 0 Å². The predicted molar refractivity (Wildman–Crippen MR) is 69.1 cm³/mol. The number of nitrogens with zero attached hydrogens (tertiary/aromatic N) is 2. The van der Waals surface area contributed by atoms with Crippen molar-refractivity contribution in [3.63, 3.8) is 0 Å². The van der Waals surface area contributed by atoms with E-state index < -0.39 is 0 Å². The molecule has 2 rings (SSSR count). The van der Waals surface area contributed by atoms with Crippen molar-refractivity contribution in [3.05, 3.63) is 22.9 Å². The van der Waals surface area contributed by atoms with Crippen LogP contribution in [0.4, 0.5) is 5.82 Å². The van der Waals surface area contributed by atoms with Gasteiger partial charge < -0.3 is 5.32 Å². The van der Waals surface area contributed by atoms with Gasteiger partial charge in [-0.3, -0.25) is 0 Å². The van der Waals surface area contributed by atoms with Gasteiger partial charge in [-0.1, -0.05) is 13.8 Å². The van der Waals surface area contributed by atoms with E-state index in [1.807, 2.05) is 6.07 Å². The van der Waals surface area contributed by atoms with Crippen LogP contribution in [0.1, 0.15) is 55.8 Å². The van der Waals surface area contributed by atoms with Gasteiger partial charge in [-0.2, -0.15) is 5.26 Å². The quantitative estimate of drug-likeness (QED) is 0.865. The van der Waals surface area contributed by atoms with Crippen molar-refractivity contribution in [2.75, 3.05) is 11.9 Å². The van der Waals surface area contributed by atoms with E-state index in [9.17, 15) is 0 Å². The van der Waals surface area contributed by atoms with E-state index in [-0.39, 0.29) is 0 Å². The molecule has 1 unspecified atom stereocenters. The first kappa shape index (κ1) is 11.9. The lowest BCUT2D eigenvalue weighted by Gasteiger charge is -2.22. The van der Waals surface area contributed by atoms with Crippen LogP contribution in [-0.2, 0) is 6.42 Å². The highest BCUT2D eigenvalue weighted by molar-refractivity contribution is 5.55. The maximum Gasteiger partial charge on any atom is 0.144 e. The lowest BCUT2D eigenvalue weighted by atomic mass is 9.87. The fraction of sp³-hybridized carbons (Fsp3) is 0.571. The number of nitrogens with one attached hydrogen (secondary N) is 1. The Bertz CT molecular complexity index is 446. The minimum absolute atomic E-state index is 0.522. The number of rotatable bonds is 3. The van der Waals surface area contributed by atoms with Gasteiger partial charge in [0, 0.05) is 12.2 Å². The van der Waals surface area contributed by atoms with Crippen molar-refractivity contribution < 1.29 is 0 Å². The van der Waals surface area contributed by atoms with Crippen LogP contribution < -0.4 is 5.32 Å². The number of aryl methyl sites for hydroxylation is 1. The van der Waals surface area contributed by atoms with Crippen molar-refractivity contribution in [2.45, 2.75) is 45.4 Å². The Morgan fingerprint density at radius 1 is 1.59 bits per heavy atom. The first-order valence-corrected chi connectivity index (χ1v) is 6.44. The Morgan fingerprint density at radius 3 is 3.12 bits per heavy atom. The summed E-state index contributed by atoms with van der Waals surface area (Å²) >= 11 is 0. The molecule has 1 heterocycles. The maximum absolute atomic E-state index is 9.16. The molecule has 1 aliphatic carbocycles. The third-order valence-electron chi connectivity index (χ3n) is 3.35. The summed E-state index contributed by atoms with van der Waals surface area (Å²) in [7, 11) is 0. The van der Waals surface area contributed by atoms with Gasteiger partial charge in [-0.25, -0.2) is 4.98 Å². The van der Waals surface area contributed by atoms with E-state index in [4.69, 9.17) is 5.26 Å². The highest BCUT2D eigenvalue weighted by Crippen LogP contribution is 2.32. The van der Waals surface area contributed by atoms with Crippen molar-refractivity contribution in [3.8, 4) is 6.07 Å². The Morgan fingerprint density at radius 2 is 2.41 bits per heavy atom. The van der Waals surface area contributed by atoms with Crippen LogP contribution in [0.15, 0.2) is 6.07 Å². The normalized spacial score (nSPS) is 18.3. The molecule has 1 aliphatic rings. The summed E-state index contributed by atoms with van der Waals surface area (Å²) in [5.74, 6) is 1.29. The molecule has 17 heavy (non-hydrogen) atoms. The standard InChI is InChI=1S/C14H19N3/c1-3-7-16-14-12(9-15)8-11-6-4-5-10(2)13(11)17-14/h8,10H,3-7H2,1-2H3,(H,16,17). The van der Waals surface area contributed by atoms with Crippen LogP contribution >= 0.6 is 0 Å². The van der Waals surface area contributed by atoms with Crippen LogP contribution in [0, 0.1) is 11.3 Å². The second-order valence-corrected chi connectivity index (χ2v) is 4.76. The molecule has 0 bridgehead atoms. The molecule has 0 amide bonds. The molecule has 0 fully saturated rings. The number of hydrogen-bond acceptors (Lipinski definition) is 3. The van der Waals surface area contributed by atoms with Crippen molar-refractivity contribution >= 4 is 5.82 Å². The first-order chi connectivity index (χ1) is 8.26. The monoisotopic (exact) mass is 229 g/mol. The van der Waals surface area contributed by atoms with Crippen molar-refractivity contribution in [1.29, 1.82) is 5.26 Å². The second-order valence-electron chi connectivity index (χ2n) is 4.76. The third kappa shape index (κ3) is 2.41. The van der Waals surface area contributed by atoms with Crippen LogP contribution in [-0.4, -0.2) is 11.5 Å². The predicted octanol–water partition coefficient (Wildman–Crippen LogP) is 3.21. The lowest BCUT2D eigenvalue weighted by Crippen LogP contribution is -2.13. The van der Waals surface area contributed by atoms with E-state index >= 15 is 0 Å². The largest absolute Gasteiger partial charge is 0.369 e. The number of pyridine rings is 1. The third-order valence-corrected chi connectivity index (χ3v) is 3.35. The van der Waals surface area contributed by atoms with Gasteiger partial charge >= 0.3 is 0 Å². The highest BCUT2D eigenvalue weighted by atomic mass is 15.0. The number of nitriles is 1. The number of fused-ring (bicyclic) bond motifs is 1. The zero-order valence-corrected chi connectivity index (χ0v) is 10.6. The minimum Gasteiger partial charge on any atom is -0.369 e. The average molecular weight is 229 g/mol. The van der Waals surface area contributed by atoms with Gasteiger partial charge in [0.15, 0.2) is 0 Å². The summed E-state index contributed by atoms with van der Waals surface area (Å²) in [6.45, 7) is 5.20. The molecule has 0 saturated heterocycles. The van der Waals surface area contributed by atoms with Crippen molar-refractivity contribution in [1.82, 2.24) is 4.98 Å². The SMILES string of the molecule is CCCNc1nc2c(cc1C#N)CCCC2C. The van der Waals surface area contributed by atoms with Gasteiger partial charge in [-0.15, -0.1) is 0 Å². The molecule has 90 valence electrons. The molecule has 3 nitrogen and oxygen atoms in total. The van der Waals surface area contributed by atoms with Gasteiger partial charge in [0.1, 0.15) is 11.9 Å². The molecule has 1 atom stereocenters. The van der Waals surface area contributed by atoms with E-state index in [2.05, 4.69) is 30.2 Å². The Labute approximate surface area is 103 Å². The lowest BCUT2D eigenvalue weighted by molar-refractivity contribution is 0.573. The summed E-state index contributed by atoms with van der Waals surface area (Å²) in [5.41, 5.74) is 3.14. The molecule has 0 radical (unpaired) electrons. The molecule has 0 aromatic carbocycles. The summed E-state index contributed by atoms with van der Waals surface area (Å²) in [5, 5.41) is 12.4. The molecule has 0 spiro atoms. The van der Waals surface area contributed by atoms with E-state index in [1.54, 1.807) is 0 Å². The molecule has 1 aromatic rings. The Hall–Kier alpha value is -1.56. The van der Waals surface area contributed by atoms with Crippen LogP contribution in [0.2, 0.25) is 0 Å². The zero-order chi connectivity index (χ0) is 12.3. The van der Waals surface area contributed by atoms with E-state index in [1.165, 1.54) is 24.1 Å². The summed E-state index contributed by atoms with van der Waals surface area (Å²) in [4.78, 5) is 4.67. The molecule has 0 aliphatic heterocycles. The van der Waals surface area contributed by atoms with Crippen molar-refractivity contribution in [2.24, 2.45) is 0 Å². The van der Waals surface area contributed by atoms with E-state index in [0.29, 0.717) is 11.5 Å². The van der Waals surface area contributed by atoms with E-state index in [0.717, 1.165) is 25.2 Å². The van der Waals surface area contributed by atoms with Gasteiger partial charge in [0.2, 0.25) is 0 Å². The smallest absolute Gasteiger partial charge is 0.144 e. The minimum atomic E-state index is 0.522. The highest BCUT2D eigenvalue weighted by Gasteiger charge is 2.20. The number of hydrogen-bond donors (Lipinski definition) is 1. The zero-order valence-electron chi connectivity index (χ0n) is 10.6. The summed E-state index contributed by atoms with van der Waals surface area (Å²) < 4.78 is 0. The van der Waals surface area contributed by atoms with Gasteiger partial charge in [0.05, 0.1) is 5.56 Å². The topological polar surface area (TPSA) is 48.7 Å². The molecule has 1 N–H and O–H groups in total. The average Bonchev–Trinajstić information content (AvgIpc) is 2.36. The maximum atomic E-state index is 9.16. The Kier molecular flexibility index (Phi) is 3.63. The fourth-order valence-corrected chi connectivity index (χ4v) is 2.39.